The summed E-state index contributed by atoms with van der Waals surface area (Å²) in [6.45, 7) is 0. The van der Waals surface area contributed by atoms with Crippen LogP contribution in [0.1, 0.15) is 0 Å². The lowest BCUT2D eigenvalue weighted by molar-refractivity contribution is -0.138. The Kier molecular flexibility index (Phi) is 4.17. The Balaban J connectivity index is 4.57. The van der Waals surface area contributed by atoms with E-state index in [2.05, 4.69) is 9.53 Å². The lowest BCUT2D eigenvalue weighted by atomic mass is 10.4. The van der Waals surface area contributed by atoms with Gasteiger partial charge in [-0.2, -0.15) is 4.79 Å². The molecule has 0 aromatic carbocycles. The van der Waals surface area contributed by atoms with Gasteiger partial charge in [-0.25, -0.2) is 4.79 Å². The van der Waals surface area contributed by atoms with Crippen molar-refractivity contribution in [1.29, 1.82) is 0 Å². The van der Waals surface area contributed by atoms with Crippen LogP contribution < -0.4 is 0 Å². The third-order valence-electron chi connectivity index (χ3n) is 0.857. The summed E-state index contributed by atoms with van der Waals surface area (Å²) < 4.78 is 4.16. The Morgan fingerprint density at radius 3 is 2.36 bits per heavy atom. The van der Waals surface area contributed by atoms with E-state index in [9.17, 15) is 9.59 Å². The maximum atomic E-state index is 10.7. The molecule has 0 spiro atoms. The minimum Gasteiger partial charge on any atom is -0.460 e. The van der Waals surface area contributed by atoms with Gasteiger partial charge in [-0.3, -0.25) is 4.79 Å². The summed E-state index contributed by atoms with van der Waals surface area (Å²) in [4.78, 5) is 23.8. The van der Waals surface area contributed by atoms with E-state index in [-0.39, 0.29) is 0 Å². The van der Waals surface area contributed by atoms with Gasteiger partial charge in [0.15, 0.2) is 0 Å². The van der Waals surface area contributed by atoms with Crippen LogP contribution in [0.4, 0.5) is 0 Å². The third kappa shape index (κ3) is 2.53. The molecule has 0 N–H and O–H groups in total. The van der Waals surface area contributed by atoms with E-state index in [1.807, 2.05) is 0 Å². The molecule has 0 aliphatic heterocycles. The number of ether oxygens (including phenoxy) is 1. The average Bonchev–Trinajstić information content (AvgIpc) is 2.05. The van der Waals surface area contributed by atoms with Crippen molar-refractivity contribution in [3.8, 4) is 0 Å². The maximum Gasteiger partial charge on any atom is 0.452 e. The molecule has 0 aromatic rings. The summed E-state index contributed by atoms with van der Waals surface area (Å²) in [6.07, 6.45) is 1.47. The number of carbonyl (C=O) groups excluding carboxylic acids is 2. The van der Waals surface area contributed by atoms with Gasteiger partial charge < -0.3 is 10.3 Å². The summed E-state index contributed by atoms with van der Waals surface area (Å²) in [6, 6.07) is 0. The number of hydrogen-bond donors (Lipinski definition) is 0. The monoisotopic (exact) mass is 174 g/mol. The molecule has 0 atom stereocenters. The predicted octanol–water partition coefficient (Wildman–Crippen LogP) is -0.280. The van der Waals surface area contributed by atoms with E-state index in [4.69, 9.17) is 5.53 Å². The van der Waals surface area contributed by atoms with Crippen molar-refractivity contribution in [1.82, 2.24) is 0 Å². The van der Waals surface area contributed by atoms with Crippen LogP contribution in [0.25, 0.3) is 5.53 Å². The van der Waals surface area contributed by atoms with Crippen LogP contribution in [-0.2, 0) is 14.3 Å². The van der Waals surface area contributed by atoms with Gasteiger partial charge in [-0.1, -0.05) is 11.8 Å². The van der Waals surface area contributed by atoms with Crippen LogP contribution in [-0.4, -0.2) is 35.0 Å². The molecule has 0 heterocycles. The fourth-order valence-electron chi connectivity index (χ4n) is 0.358. The van der Waals surface area contributed by atoms with Gasteiger partial charge >= 0.3 is 16.8 Å². The second-order valence-electron chi connectivity index (χ2n) is 1.43. The quantitative estimate of drug-likeness (QED) is 0.189. The summed E-state index contributed by atoms with van der Waals surface area (Å²) >= 11 is 0.771. The normalized spacial score (nSPS) is 8.18. The van der Waals surface area contributed by atoms with Crippen LogP contribution in [0.15, 0.2) is 0 Å². The molecule has 5 nitrogen and oxygen atoms in total. The highest BCUT2D eigenvalue weighted by atomic mass is 32.2. The van der Waals surface area contributed by atoms with Crippen LogP contribution in [0.3, 0.4) is 0 Å². The van der Waals surface area contributed by atoms with Crippen molar-refractivity contribution in [2.75, 3.05) is 13.4 Å². The second kappa shape index (κ2) is 4.65. The van der Waals surface area contributed by atoms with E-state index in [1.165, 1.54) is 6.26 Å². The zero-order valence-electron chi connectivity index (χ0n) is 6.03. The highest BCUT2D eigenvalue weighted by molar-refractivity contribution is 8.15. The third-order valence-corrected chi connectivity index (χ3v) is 1.42. The zero-order valence-corrected chi connectivity index (χ0v) is 6.84. The van der Waals surface area contributed by atoms with E-state index in [0.717, 1.165) is 18.9 Å². The van der Waals surface area contributed by atoms with Crippen molar-refractivity contribution in [2.45, 2.75) is 0 Å². The molecule has 0 aliphatic rings. The second-order valence-corrected chi connectivity index (χ2v) is 2.21. The minimum atomic E-state index is -0.938. The van der Waals surface area contributed by atoms with Crippen LogP contribution >= 0.6 is 11.8 Å². The molecule has 0 bridgehead atoms. The van der Waals surface area contributed by atoms with Crippen molar-refractivity contribution < 1.29 is 19.1 Å². The first-order chi connectivity index (χ1) is 5.17. The van der Waals surface area contributed by atoms with E-state index < -0.39 is 16.8 Å². The highest BCUT2D eigenvalue weighted by Gasteiger charge is 2.29. The lowest BCUT2D eigenvalue weighted by Gasteiger charge is -1.89. The van der Waals surface area contributed by atoms with E-state index in [1.54, 1.807) is 0 Å². The average molecular weight is 174 g/mol. The Hall–Kier alpha value is -1.13. The molecule has 0 unspecified atom stereocenters. The number of methoxy groups -OCH3 is 1. The molecule has 0 saturated carbocycles. The first-order valence-electron chi connectivity index (χ1n) is 2.56. The molecule has 0 aliphatic carbocycles. The molecule has 60 valence electrons. The fourth-order valence-corrected chi connectivity index (χ4v) is 0.676. The lowest BCUT2D eigenvalue weighted by Crippen LogP contribution is -2.23. The van der Waals surface area contributed by atoms with Crippen molar-refractivity contribution in [3.63, 3.8) is 0 Å². The van der Waals surface area contributed by atoms with Crippen LogP contribution in [0.2, 0.25) is 0 Å². The van der Waals surface area contributed by atoms with Gasteiger partial charge in [0.05, 0.1) is 7.11 Å². The molecule has 6 heteroatoms. The molecule has 0 saturated heterocycles. The number of nitrogens with zero attached hydrogens (tertiary/aromatic N) is 2. The van der Waals surface area contributed by atoms with Gasteiger partial charge in [0, 0.05) is 0 Å². The predicted molar refractivity (Wildman–Crippen MR) is 39.2 cm³/mol. The molecule has 0 amide bonds. The topological polar surface area (TPSA) is 79.8 Å². The smallest absolute Gasteiger partial charge is 0.452 e. The Bertz CT molecular complexity index is 214. The zero-order chi connectivity index (χ0) is 8.85. The standard InChI is InChI=1S/C5H6N2O3S/c1-10-4(8)3(7-6)5(9)11-2/h1-2H3. The summed E-state index contributed by atoms with van der Waals surface area (Å²) in [7, 11) is 1.10. The van der Waals surface area contributed by atoms with E-state index >= 15 is 0 Å². The van der Waals surface area contributed by atoms with Crippen LogP contribution in [0, 0.1) is 0 Å². The van der Waals surface area contributed by atoms with Gasteiger partial charge in [-0.05, 0) is 6.26 Å². The van der Waals surface area contributed by atoms with Gasteiger partial charge in [0.1, 0.15) is 0 Å². The maximum absolute atomic E-state index is 10.7. The fraction of sp³-hybridized carbons (Fsp3) is 0.400. The molecule has 0 radical (unpaired) electrons. The van der Waals surface area contributed by atoms with Crippen molar-refractivity contribution in [3.05, 3.63) is 5.53 Å². The Labute approximate surface area is 67.3 Å². The molecular weight excluding hydrogens is 168 g/mol. The Morgan fingerprint density at radius 2 is 2.09 bits per heavy atom. The number of rotatable bonds is 2. The largest absolute Gasteiger partial charge is 0.460 e. The van der Waals surface area contributed by atoms with Crippen molar-refractivity contribution >= 4 is 28.6 Å². The number of hydrogen-bond acceptors (Lipinski definition) is 4. The first kappa shape index (κ1) is 9.87. The summed E-state index contributed by atoms with van der Waals surface area (Å²) in [5.41, 5.74) is 7.58. The highest BCUT2D eigenvalue weighted by Crippen LogP contribution is 1.96. The molecule has 0 fully saturated rings. The van der Waals surface area contributed by atoms with Gasteiger partial charge in [0.2, 0.25) is 0 Å². The van der Waals surface area contributed by atoms with Crippen LogP contribution in [0.5, 0.6) is 0 Å². The number of thioether (sulfide) groups is 1. The Morgan fingerprint density at radius 1 is 1.55 bits per heavy atom. The van der Waals surface area contributed by atoms with Gasteiger partial charge in [-0.15, -0.1) is 0 Å². The van der Waals surface area contributed by atoms with Crippen molar-refractivity contribution in [2.24, 2.45) is 0 Å². The number of carbonyl (C=O) groups is 2. The molecule has 0 rings (SSSR count). The summed E-state index contributed by atoms with van der Waals surface area (Å²) in [5, 5.41) is -0.626. The van der Waals surface area contributed by atoms with Gasteiger partial charge in [0.25, 0.3) is 0 Å². The van der Waals surface area contributed by atoms with E-state index in [0.29, 0.717) is 0 Å². The summed E-state index contributed by atoms with van der Waals surface area (Å²) in [5.74, 6) is -0.938. The minimum absolute atomic E-state index is 0.597. The molecule has 11 heavy (non-hydrogen) atoms. The SMILES string of the molecule is COC(=O)C(=[N+]=[N-])C(=O)SC. The first-order valence-corrected chi connectivity index (χ1v) is 3.78. The molecule has 0 aromatic heterocycles. The molecular formula is C5H6N2O3S. The number of esters is 1.